The van der Waals surface area contributed by atoms with E-state index in [-0.39, 0.29) is 5.60 Å². The quantitative estimate of drug-likeness (QED) is 0.851. The molecule has 2 rings (SSSR count). The van der Waals surface area contributed by atoms with Crippen LogP contribution in [0.25, 0.3) is 0 Å². The van der Waals surface area contributed by atoms with Crippen molar-refractivity contribution in [3.8, 4) is 5.75 Å². The lowest BCUT2D eigenvalue weighted by Crippen LogP contribution is -2.46. The van der Waals surface area contributed by atoms with E-state index in [9.17, 15) is 8.78 Å². The van der Waals surface area contributed by atoms with Crippen molar-refractivity contribution in [3.05, 3.63) is 29.8 Å². The summed E-state index contributed by atoms with van der Waals surface area (Å²) in [5.74, 6) is -0.892. The van der Waals surface area contributed by atoms with Crippen LogP contribution in [0.2, 0.25) is 0 Å². The van der Waals surface area contributed by atoms with E-state index in [4.69, 9.17) is 4.74 Å². The molecule has 0 unspecified atom stereocenters. The van der Waals surface area contributed by atoms with Gasteiger partial charge in [0, 0.05) is 24.2 Å². The molecule has 0 spiro atoms. The van der Waals surface area contributed by atoms with Gasteiger partial charge in [-0.3, -0.25) is 0 Å². The SMILES string of the molecule is CC(C)NCCC1(Oc2cc(F)cc(F)c2)CCC1. The molecule has 106 valence electrons. The molecule has 1 N–H and O–H groups in total. The Balaban J connectivity index is 1.97. The average molecular weight is 269 g/mol. The molecular formula is C15H21F2NO. The van der Waals surface area contributed by atoms with Crippen molar-refractivity contribution in [1.29, 1.82) is 0 Å². The Morgan fingerprint density at radius 3 is 2.32 bits per heavy atom. The highest BCUT2D eigenvalue weighted by Crippen LogP contribution is 2.39. The topological polar surface area (TPSA) is 21.3 Å². The van der Waals surface area contributed by atoms with E-state index in [2.05, 4.69) is 19.2 Å². The Morgan fingerprint density at radius 2 is 1.84 bits per heavy atom. The van der Waals surface area contributed by atoms with Crippen LogP contribution in [0.3, 0.4) is 0 Å². The minimum atomic E-state index is -0.593. The molecule has 0 saturated heterocycles. The summed E-state index contributed by atoms with van der Waals surface area (Å²) in [4.78, 5) is 0. The molecule has 1 aromatic carbocycles. The van der Waals surface area contributed by atoms with Crippen molar-refractivity contribution >= 4 is 0 Å². The fraction of sp³-hybridized carbons (Fsp3) is 0.600. The molecule has 0 radical (unpaired) electrons. The van der Waals surface area contributed by atoms with E-state index in [0.717, 1.165) is 38.3 Å². The number of nitrogens with one attached hydrogen (secondary N) is 1. The molecule has 0 aliphatic heterocycles. The van der Waals surface area contributed by atoms with Crippen LogP contribution in [-0.2, 0) is 0 Å². The van der Waals surface area contributed by atoms with Crippen LogP contribution >= 0.6 is 0 Å². The van der Waals surface area contributed by atoms with Crippen LogP contribution in [0, 0.1) is 11.6 Å². The van der Waals surface area contributed by atoms with Gasteiger partial charge in [0.1, 0.15) is 23.0 Å². The zero-order valence-electron chi connectivity index (χ0n) is 11.5. The van der Waals surface area contributed by atoms with Crippen LogP contribution in [0.5, 0.6) is 5.75 Å². The summed E-state index contributed by atoms with van der Waals surface area (Å²) in [5, 5.41) is 3.35. The number of hydrogen-bond donors (Lipinski definition) is 1. The maximum atomic E-state index is 13.2. The van der Waals surface area contributed by atoms with Gasteiger partial charge in [-0.2, -0.15) is 0 Å². The third-order valence-corrected chi connectivity index (χ3v) is 3.57. The first-order chi connectivity index (χ1) is 8.99. The Bertz CT molecular complexity index is 410. The van der Waals surface area contributed by atoms with Gasteiger partial charge in [-0.25, -0.2) is 8.78 Å². The molecule has 1 aliphatic carbocycles. The lowest BCUT2D eigenvalue weighted by molar-refractivity contribution is -0.0149. The summed E-state index contributed by atoms with van der Waals surface area (Å²) in [7, 11) is 0. The van der Waals surface area contributed by atoms with Gasteiger partial charge < -0.3 is 10.1 Å². The van der Waals surface area contributed by atoms with Crippen molar-refractivity contribution in [2.24, 2.45) is 0 Å². The molecule has 0 amide bonds. The predicted octanol–water partition coefficient (Wildman–Crippen LogP) is 3.65. The van der Waals surface area contributed by atoms with Crippen LogP contribution < -0.4 is 10.1 Å². The Morgan fingerprint density at radius 1 is 1.21 bits per heavy atom. The maximum absolute atomic E-state index is 13.2. The second-order valence-electron chi connectivity index (χ2n) is 5.60. The van der Waals surface area contributed by atoms with Gasteiger partial charge in [0.05, 0.1) is 0 Å². The van der Waals surface area contributed by atoms with Gasteiger partial charge >= 0.3 is 0 Å². The molecule has 1 aromatic rings. The summed E-state index contributed by atoms with van der Waals surface area (Å²) in [6, 6.07) is 3.79. The van der Waals surface area contributed by atoms with Crippen LogP contribution in [0.4, 0.5) is 8.78 Å². The first-order valence-electron chi connectivity index (χ1n) is 6.88. The molecule has 2 nitrogen and oxygen atoms in total. The highest BCUT2D eigenvalue weighted by molar-refractivity contribution is 5.25. The Hall–Kier alpha value is -1.16. The minimum Gasteiger partial charge on any atom is -0.487 e. The zero-order valence-corrected chi connectivity index (χ0v) is 11.5. The van der Waals surface area contributed by atoms with Crippen molar-refractivity contribution < 1.29 is 13.5 Å². The van der Waals surface area contributed by atoms with Crippen LogP contribution in [0.15, 0.2) is 18.2 Å². The first kappa shape index (κ1) is 14.3. The smallest absolute Gasteiger partial charge is 0.129 e. The van der Waals surface area contributed by atoms with E-state index in [1.165, 1.54) is 12.1 Å². The number of benzene rings is 1. The van der Waals surface area contributed by atoms with Crippen LogP contribution in [-0.4, -0.2) is 18.2 Å². The summed E-state index contributed by atoms with van der Waals surface area (Å²) < 4.78 is 32.2. The summed E-state index contributed by atoms with van der Waals surface area (Å²) in [6.07, 6.45) is 3.87. The molecule has 19 heavy (non-hydrogen) atoms. The Kier molecular flexibility index (Phi) is 4.40. The van der Waals surface area contributed by atoms with Gasteiger partial charge in [-0.05, 0) is 32.2 Å². The van der Waals surface area contributed by atoms with E-state index in [1.807, 2.05) is 0 Å². The van der Waals surface area contributed by atoms with E-state index in [0.29, 0.717) is 11.8 Å². The molecule has 4 heteroatoms. The van der Waals surface area contributed by atoms with Gasteiger partial charge in [0.25, 0.3) is 0 Å². The zero-order chi connectivity index (χ0) is 13.9. The fourth-order valence-corrected chi connectivity index (χ4v) is 2.40. The second kappa shape index (κ2) is 5.87. The van der Waals surface area contributed by atoms with Gasteiger partial charge in [0.15, 0.2) is 0 Å². The van der Waals surface area contributed by atoms with E-state index >= 15 is 0 Å². The van der Waals surface area contributed by atoms with Gasteiger partial charge in [0.2, 0.25) is 0 Å². The summed E-state index contributed by atoms with van der Waals surface area (Å²) in [6.45, 7) is 5.04. The lowest BCUT2D eigenvalue weighted by atomic mass is 9.77. The number of hydrogen-bond acceptors (Lipinski definition) is 2. The monoisotopic (exact) mass is 269 g/mol. The van der Waals surface area contributed by atoms with E-state index in [1.54, 1.807) is 0 Å². The number of halogens is 2. The normalized spacial score (nSPS) is 17.3. The first-order valence-corrected chi connectivity index (χ1v) is 6.88. The highest BCUT2D eigenvalue weighted by Gasteiger charge is 2.39. The third kappa shape index (κ3) is 3.90. The van der Waals surface area contributed by atoms with Crippen LogP contribution in [0.1, 0.15) is 39.5 Å². The molecule has 0 aromatic heterocycles. The molecule has 1 fully saturated rings. The van der Waals surface area contributed by atoms with Gasteiger partial charge in [-0.1, -0.05) is 13.8 Å². The highest BCUT2D eigenvalue weighted by atomic mass is 19.1. The minimum absolute atomic E-state index is 0.248. The number of ether oxygens (including phenoxy) is 1. The van der Waals surface area contributed by atoms with Crippen molar-refractivity contribution in [2.75, 3.05) is 6.54 Å². The summed E-state index contributed by atoms with van der Waals surface area (Å²) >= 11 is 0. The largest absolute Gasteiger partial charge is 0.487 e. The maximum Gasteiger partial charge on any atom is 0.129 e. The molecule has 0 atom stereocenters. The molecule has 1 aliphatic rings. The predicted molar refractivity (Wildman–Crippen MR) is 71.3 cm³/mol. The second-order valence-corrected chi connectivity index (χ2v) is 5.60. The van der Waals surface area contributed by atoms with Crippen molar-refractivity contribution in [2.45, 2.75) is 51.2 Å². The van der Waals surface area contributed by atoms with Crippen molar-refractivity contribution in [3.63, 3.8) is 0 Å². The summed E-state index contributed by atoms with van der Waals surface area (Å²) in [5.41, 5.74) is -0.248. The molecule has 0 heterocycles. The van der Waals surface area contributed by atoms with Gasteiger partial charge in [-0.15, -0.1) is 0 Å². The van der Waals surface area contributed by atoms with E-state index < -0.39 is 11.6 Å². The molecular weight excluding hydrogens is 248 g/mol. The standard InChI is InChI=1S/C15H21F2NO/c1-11(2)18-7-6-15(4-3-5-15)19-14-9-12(16)8-13(17)10-14/h8-11,18H,3-7H2,1-2H3. The fourth-order valence-electron chi connectivity index (χ4n) is 2.40. The third-order valence-electron chi connectivity index (χ3n) is 3.57. The average Bonchev–Trinajstić information content (AvgIpc) is 2.23. The molecule has 1 saturated carbocycles. The lowest BCUT2D eigenvalue weighted by Gasteiger charge is -2.42. The Labute approximate surface area is 113 Å². The number of rotatable bonds is 6. The molecule has 0 bridgehead atoms. The van der Waals surface area contributed by atoms with Crippen molar-refractivity contribution in [1.82, 2.24) is 5.32 Å².